The molecule has 0 heterocycles. The van der Waals surface area contributed by atoms with Gasteiger partial charge in [0.2, 0.25) is 0 Å². The van der Waals surface area contributed by atoms with Crippen LogP contribution in [0.2, 0.25) is 0 Å². The Bertz CT molecular complexity index is 889. The lowest BCUT2D eigenvalue weighted by molar-refractivity contribution is 0.0698. The van der Waals surface area contributed by atoms with E-state index in [1.165, 1.54) is 5.39 Å². The van der Waals surface area contributed by atoms with Gasteiger partial charge in [-0.3, -0.25) is 0 Å². The van der Waals surface area contributed by atoms with Crippen molar-refractivity contribution in [1.29, 1.82) is 0 Å². The lowest BCUT2D eigenvalue weighted by Gasteiger charge is -2.13. The molecule has 0 saturated carbocycles. The molecule has 0 saturated heterocycles. The molecule has 0 aliphatic heterocycles. The topological polar surface area (TPSA) is 58.6 Å². The van der Waals surface area contributed by atoms with Gasteiger partial charge in [-0.25, -0.2) is 4.79 Å². The van der Waals surface area contributed by atoms with Crippen LogP contribution in [0.5, 0.6) is 5.75 Å². The van der Waals surface area contributed by atoms with E-state index in [-0.39, 0.29) is 0 Å². The van der Waals surface area contributed by atoms with Gasteiger partial charge in [0, 0.05) is 6.54 Å². The summed E-state index contributed by atoms with van der Waals surface area (Å²) in [4.78, 5) is 11.3. The SMILES string of the molecule is Cc1cccc(C(=O)O)c1NCCCOc1ccc2ccccc2c1. The summed E-state index contributed by atoms with van der Waals surface area (Å²) >= 11 is 0. The van der Waals surface area contributed by atoms with E-state index in [9.17, 15) is 9.90 Å². The number of hydrogen-bond donors (Lipinski definition) is 2. The van der Waals surface area contributed by atoms with Crippen LogP contribution in [0.15, 0.2) is 60.7 Å². The summed E-state index contributed by atoms with van der Waals surface area (Å²) in [5.74, 6) is -0.0700. The molecule has 0 spiro atoms. The van der Waals surface area contributed by atoms with E-state index < -0.39 is 5.97 Å². The lowest BCUT2D eigenvalue weighted by Crippen LogP contribution is -2.11. The highest BCUT2D eigenvalue weighted by Gasteiger charge is 2.11. The van der Waals surface area contributed by atoms with Crippen molar-refractivity contribution in [2.24, 2.45) is 0 Å². The Morgan fingerprint density at radius 3 is 2.64 bits per heavy atom. The largest absolute Gasteiger partial charge is 0.494 e. The smallest absolute Gasteiger partial charge is 0.337 e. The van der Waals surface area contributed by atoms with Crippen LogP contribution in [0.25, 0.3) is 10.8 Å². The molecule has 0 aromatic heterocycles. The molecular formula is C21H21NO3. The highest BCUT2D eigenvalue weighted by molar-refractivity contribution is 5.95. The third-order valence-electron chi connectivity index (χ3n) is 4.12. The van der Waals surface area contributed by atoms with Crippen molar-refractivity contribution in [2.45, 2.75) is 13.3 Å². The number of carboxylic acid groups (broad SMARTS) is 1. The number of carboxylic acids is 1. The summed E-state index contributed by atoms with van der Waals surface area (Å²) in [6.07, 6.45) is 0.778. The normalized spacial score (nSPS) is 10.6. The fourth-order valence-corrected chi connectivity index (χ4v) is 2.81. The quantitative estimate of drug-likeness (QED) is 0.613. The number of ether oxygens (including phenoxy) is 1. The minimum Gasteiger partial charge on any atom is -0.494 e. The lowest BCUT2D eigenvalue weighted by atomic mass is 10.1. The molecule has 4 nitrogen and oxygen atoms in total. The van der Waals surface area contributed by atoms with Gasteiger partial charge in [-0.05, 0) is 47.9 Å². The van der Waals surface area contributed by atoms with Crippen LogP contribution in [-0.4, -0.2) is 24.2 Å². The van der Waals surface area contributed by atoms with Gasteiger partial charge in [0.25, 0.3) is 0 Å². The van der Waals surface area contributed by atoms with Crippen LogP contribution in [-0.2, 0) is 0 Å². The zero-order valence-electron chi connectivity index (χ0n) is 14.2. The Hall–Kier alpha value is -3.01. The van der Waals surface area contributed by atoms with Gasteiger partial charge in [-0.2, -0.15) is 0 Å². The molecule has 0 aliphatic rings. The minimum absolute atomic E-state index is 0.301. The molecule has 128 valence electrons. The van der Waals surface area contributed by atoms with Crippen LogP contribution in [0.4, 0.5) is 5.69 Å². The summed E-state index contributed by atoms with van der Waals surface area (Å²) < 4.78 is 5.80. The highest BCUT2D eigenvalue weighted by Crippen LogP contribution is 2.22. The fraction of sp³-hybridized carbons (Fsp3) is 0.190. The zero-order chi connectivity index (χ0) is 17.6. The molecule has 2 N–H and O–H groups in total. The Balaban J connectivity index is 1.53. The number of aromatic carboxylic acids is 1. The zero-order valence-corrected chi connectivity index (χ0v) is 14.2. The van der Waals surface area contributed by atoms with E-state index in [1.807, 2.05) is 37.3 Å². The van der Waals surface area contributed by atoms with Crippen molar-refractivity contribution in [1.82, 2.24) is 0 Å². The van der Waals surface area contributed by atoms with E-state index in [0.29, 0.717) is 24.4 Å². The number of para-hydroxylation sites is 1. The summed E-state index contributed by atoms with van der Waals surface area (Å²) in [6.45, 7) is 3.12. The second-order valence-electron chi connectivity index (χ2n) is 5.94. The number of carbonyl (C=O) groups is 1. The second-order valence-corrected chi connectivity index (χ2v) is 5.94. The first-order chi connectivity index (χ1) is 12.1. The van der Waals surface area contributed by atoms with Gasteiger partial charge in [-0.1, -0.05) is 42.5 Å². The third kappa shape index (κ3) is 4.10. The molecule has 0 amide bonds. The second kappa shape index (κ2) is 7.71. The molecule has 3 aromatic rings. The predicted molar refractivity (Wildman–Crippen MR) is 101 cm³/mol. The molecule has 0 atom stereocenters. The number of hydrogen-bond acceptors (Lipinski definition) is 3. The Kier molecular flexibility index (Phi) is 5.19. The average molecular weight is 335 g/mol. The number of benzene rings is 3. The monoisotopic (exact) mass is 335 g/mol. The Morgan fingerprint density at radius 2 is 1.84 bits per heavy atom. The van der Waals surface area contributed by atoms with E-state index in [1.54, 1.807) is 12.1 Å². The summed E-state index contributed by atoms with van der Waals surface area (Å²) in [5, 5.41) is 14.8. The van der Waals surface area contributed by atoms with Gasteiger partial charge >= 0.3 is 5.97 Å². The number of nitrogens with one attached hydrogen (secondary N) is 1. The summed E-state index contributed by atoms with van der Waals surface area (Å²) in [7, 11) is 0. The van der Waals surface area contributed by atoms with E-state index in [4.69, 9.17) is 4.74 Å². The number of aryl methyl sites for hydroxylation is 1. The van der Waals surface area contributed by atoms with Crippen molar-refractivity contribution in [3.8, 4) is 5.75 Å². The van der Waals surface area contributed by atoms with E-state index in [2.05, 4.69) is 23.5 Å². The number of anilines is 1. The van der Waals surface area contributed by atoms with Crippen LogP contribution < -0.4 is 10.1 Å². The molecule has 0 aliphatic carbocycles. The molecular weight excluding hydrogens is 314 g/mol. The van der Waals surface area contributed by atoms with Gasteiger partial charge in [0.1, 0.15) is 5.75 Å². The van der Waals surface area contributed by atoms with Gasteiger partial charge in [-0.15, -0.1) is 0 Å². The summed E-state index contributed by atoms with van der Waals surface area (Å²) in [6, 6.07) is 19.5. The van der Waals surface area contributed by atoms with Crippen molar-refractivity contribution in [2.75, 3.05) is 18.5 Å². The standard InChI is InChI=1S/C21H21NO3/c1-15-6-4-9-19(21(23)24)20(15)22-12-5-13-25-18-11-10-16-7-2-3-8-17(16)14-18/h2-4,6-11,14,22H,5,12-13H2,1H3,(H,23,24). The molecule has 3 aromatic carbocycles. The molecule has 3 rings (SSSR count). The van der Waals surface area contributed by atoms with Crippen molar-refractivity contribution < 1.29 is 14.6 Å². The van der Waals surface area contributed by atoms with Crippen LogP contribution in [0.3, 0.4) is 0 Å². The van der Waals surface area contributed by atoms with Crippen LogP contribution >= 0.6 is 0 Å². The first-order valence-corrected chi connectivity index (χ1v) is 8.33. The van der Waals surface area contributed by atoms with Gasteiger partial charge in [0.05, 0.1) is 17.9 Å². The molecule has 0 radical (unpaired) electrons. The first-order valence-electron chi connectivity index (χ1n) is 8.33. The minimum atomic E-state index is -0.918. The maximum atomic E-state index is 11.3. The Labute approximate surface area is 147 Å². The molecule has 0 bridgehead atoms. The Morgan fingerprint density at radius 1 is 1.04 bits per heavy atom. The third-order valence-corrected chi connectivity index (χ3v) is 4.12. The summed E-state index contributed by atoms with van der Waals surface area (Å²) in [5.41, 5.74) is 1.91. The fourth-order valence-electron chi connectivity index (χ4n) is 2.81. The van der Waals surface area contributed by atoms with E-state index >= 15 is 0 Å². The average Bonchev–Trinajstić information content (AvgIpc) is 2.62. The molecule has 4 heteroatoms. The van der Waals surface area contributed by atoms with Crippen molar-refractivity contribution in [3.05, 3.63) is 71.8 Å². The molecule has 25 heavy (non-hydrogen) atoms. The van der Waals surface area contributed by atoms with Crippen LogP contribution in [0, 0.1) is 6.92 Å². The number of rotatable bonds is 7. The molecule has 0 fully saturated rings. The predicted octanol–water partition coefficient (Wildman–Crippen LogP) is 4.73. The maximum absolute atomic E-state index is 11.3. The van der Waals surface area contributed by atoms with Gasteiger partial charge < -0.3 is 15.2 Å². The maximum Gasteiger partial charge on any atom is 0.337 e. The van der Waals surface area contributed by atoms with Crippen LogP contribution in [0.1, 0.15) is 22.3 Å². The van der Waals surface area contributed by atoms with Crippen molar-refractivity contribution in [3.63, 3.8) is 0 Å². The van der Waals surface area contributed by atoms with E-state index in [0.717, 1.165) is 23.1 Å². The highest BCUT2D eigenvalue weighted by atomic mass is 16.5. The van der Waals surface area contributed by atoms with Gasteiger partial charge in [0.15, 0.2) is 0 Å². The molecule has 0 unspecified atom stereocenters. The first kappa shape index (κ1) is 16.8. The number of fused-ring (bicyclic) bond motifs is 1. The van der Waals surface area contributed by atoms with Crippen molar-refractivity contribution >= 4 is 22.4 Å².